The van der Waals surface area contributed by atoms with Gasteiger partial charge in [-0.1, -0.05) is 6.07 Å². The molecule has 1 amide bonds. The van der Waals surface area contributed by atoms with Gasteiger partial charge in [0.15, 0.2) is 0 Å². The summed E-state index contributed by atoms with van der Waals surface area (Å²) in [6.07, 6.45) is 0.826. The second kappa shape index (κ2) is 5.89. The molecule has 0 radical (unpaired) electrons. The average Bonchev–Trinajstić information content (AvgIpc) is 2.31. The smallest absolute Gasteiger partial charge is 0.219 e. The molecule has 3 heteroatoms. The summed E-state index contributed by atoms with van der Waals surface area (Å²) in [5.74, 6) is 1.06. The number of ether oxygens (including phenoxy) is 1. The fraction of sp³-hybridized carbons (Fsp3) is 0.533. The molecule has 0 saturated heterocycles. The van der Waals surface area contributed by atoms with Crippen LogP contribution in [-0.4, -0.2) is 31.5 Å². The normalized spacial score (nSPS) is 10.3. The van der Waals surface area contributed by atoms with Crippen LogP contribution in [-0.2, 0) is 11.2 Å². The SMILES string of the molecule is COc1c(C)c(C)cc(C)c1CCN(C)C(C)=O. The van der Waals surface area contributed by atoms with Gasteiger partial charge in [0.25, 0.3) is 0 Å². The largest absolute Gasteiger partial charge is 0.496 e. The Labute approximate surface area is 110 Å². The number of hydrogen-bond acceptors (Lipinski definition) is 2. The molecular formula is C15H23NO2. The lowest BCUT2D eigenvalue weighted by molar-refractivity contribution is -0.127. The number of hydrogen-bond donors (Lipinski definition) is 0. The molecule has 0 aliphatic carbocycles. The Morgan fingerprint density at radius 2 is 1.89 bits per heavy atom. The van der Waals surface area contributed by atoms with E-state index < -0.39 is 0 Å². The van der Waals surface area contributed by atoms with Crippen LogP contribution in [0.15, 0.2) is 6.07 Å². The predicted octanol–water partition coefficient (Wildman–Crippen LogP) is 2.64. The van der Waals surface area contributed by atoms with Crippen LogP contribution in [0.25, 0.3) is 0 Å². The van der Waals surface area contributed by atoms with E-state index in [9.17, 15) is 4.79 Å². The molecule has 1 rings (SSSR count). The number of nitrogens with zero attached hydrogens (tertiary/aromatic N) is 1. The van der Waals surface area contributed by atoms with E-state index in [1.165, 1.54) is 22.3 Å². The minimum Gasteiger partial charge on any atom is -0.496 e. The second-order valence-corrected chi connectivity index (χ2v) is 4.84. The topological polar surface area (TPSA) is 29.5 Å². The summed E-state index contributed by atoms with van der Waals surface area (Å²) in [7, 11) is 3.53. The number of carbonyl (C=O) groups is 1. The zero-order valence-electron chi connectivity index (χ0n) is 12.3. The van der Waals surface area contributed by atoms with Crippen LogP contribution in [0.1, 0.15) is 29.2 Å². The first kappa shape index (κ1) is 14.6. The highest BCUT2D eigenvalue weighted by Gasteiger charge is 2.13. The van der Waals surface area contributed by atoms with Crippen LogP contribution in [0.4, 0.5) is 0 Å². The molecule has 0 aromatic heterocycles. The summed E-state index contributed by atoms with van der Waals surface area (Å²) in [4.78, 5) is 13.0. The highest BCUT2D eigenvalue weighted by Crippen LogP contribution is 2.29. The monoisotopic (exact) mass is 249 g/mol. The maximum absolute atomic E-state index is 11.2. The Kier molecular flexibility index (Phi) is 4.76. The second-order valence-electron chi connectivity index (χ2n) is 4.84. The van der Waals surface area contributed by atoms with Gasteiger partial charge >= 0.3 is 0 Å². The van der Waals surface area contributed by atoms with Gasteiger partial charge in [0, 0.05) is 20.5 Å². The lowest BCUT2D eigenvalue weighted by Gasteiger charge is -2.19. The van der Waals surface area contributed by atoms with Crippen molar-refractivity contribution >= 4 is 5.91 Å². The molecule has 0 aliphatic rings. The first-order valence-electron chi connectivity index (χ1n) is 6.23. The fourth-order valence-corrected chi connectivity index (χ4v) is 2.13. The third-order valence-corrected chi connectivity index (χ3v) is 3.55. The maximum atomic E-state index is 11.2. The van der Waals surface area contributed by atoms with Gasteiger partial charge in [0.05, 0.1) is 7.11 Å². The Morgan fingerprint density at radius 3 is 2.39 bits per heavy atom. The number of carbonyl (C=O) groups excluding carboxylic acids is 1. The van der Waals surface area contributed by atoms with Crippen molar-refractivity contribution in [1.82, 2.24) is 4.90 Å². The molecule has 0 bridgehead atoms. The number of benzene rings is 1. The summed E-state index contributed by atoms with van der Waals surface area (Å²) in [5, 5.41) is 0. The van der Waals surface area contributed by atoms with E-state index in [0.29, 0.717) is 0 Å². The quantitative estimate of drug-likeness (QED) is 0.821. The fourth-order valence-electron chi connectivity index (χ4n) is 2.13. The van der Waals surface area contributed by atoms with Gasteiger partial charge in [-0.25, -0.2) is 0 Å². The summed E-state index contributed by atoms with van der Waals surface area (Å²) >= 11 is 0. The molecule has 1 aromatic rings. The third kappa shape index (κ3) is 3.03. The Balaban J connectivity index is 3.01. The van der Waals surface area contributed by atoms with Crippen LogP contribution >= 0.6 is 0 Å². The summed E-state index contributed by atoms with van der Waals surface area (Å²) in [6.45, 7) is 8.57. The predicted molar refractivity (Wildman–Crippen MR) is 74.2 cm³/mol. The van der Waals surface area contributed by atoms with Gasteiger partial charge in [0.1, 0.15) is 5.75 Å². The number of rotatable bonds is 4. The average molecular weight is 249 g/mol. The van der Waals surface area contributed by atoms with Crippen LogP contribution in [0.5, 0.6) is 5.75 Å². The van der Waals surface area contributed by atoms with Crippen molar-refractivity contribution in [3.8, 4) is 5.75 Å². The van der Waals surface area contributed by atoms with Gasteiger partial charge in [0.2, 0.25) is 5.91 Å². The molecule has 0 aliphatic heterocycles. The first-order valence-corrected chi connectivity index (χ1v) is 6.23. The van der Waals surface area contributed by atoms with Crippen LogP contribution in [0.2, 0.25) is 0 Å². The molecule has 0 fully saturated rings. The minimum absolute atomic E-state index is 0.0930. The van der Waals surface area contributed by atoms with Crippen molar-refractivity contribution in [2.45, 2.75) is 34.1 Å². The molecule has 0 saturated carbocycles. The summed E-state index contributed by atoms with van der Waals surface area (Å²) in [6, 6.07) is 2.18. The number of likely N-dealkylation sites (N-methyl/N-ethyl adjacent to an activating group) is 1. The van der Waals surface area contributed by atoms with Crippen LogP contribution in [0, 0.1) is 20.8 Å². The van der Waals surface area contributed by atoms with Crippen molar-refractivity contribution in [2.24, 2.45) is 0 Å². The standard InChI is InChI=1S/C15H23NO2/c1-10-9-11(2)14(15(18-6)12(10)3)7-8-16(5)13(4)17/h9H,7-8H2,1-6H3. The Bertz CT molecular complexity index is 452. The van der Waals surface area contributed by atoms with Crippen molar-refractivity contribution in [2.75, 3.05) is 20.7 Å². The van der Waals surface area contributed by atoms with E-state index in [0.717, 1.165) is 18.7 Å². The van der Waals surface area contributed by atoms with E-state index in [1.54, 1.807) is 18.9 Å². The first-order chi connectivity index (χ1) is 8.38. The summed E-state index contributed by atoms with van der Waals surface area (Å²) in [5.41, 5.74) is 4.86. The minimum atomic E-state index is 0.0930. The van der Waals surface area contributed by atoms with E-state index in [1.807, 2.05) is 7.05 Å². The van der Waals surface area contributed by atoms with E-state index in [4.69, 9.17) is 4.74 Å². The molecule has 3 nitrogen and oxygen atoms in total. The van der Waals surface area contributed by atoms with Crippen LogP contribution < -0.4 is 4.74 Å². The molecule has 18 heavy (non-hydrogen) atoms. The Hall–Kier alpha value is -1.51. The number of amides is 1. The molecule has 1 aromatic carbocycles. The van der Waals surface area contributed by atoms with E-state index in [-0.39, 0.29) is 5.91 Å². The third-order valence-electron chi connectivity index (χ3n) is 3.55. The van der Waals surface area contributed by atoms with Crippen LogP contribution in [0.3, 0.4) is 0 Å². The van der Waals surface area contributed by atoms with Gasteiger partial charge in [-0.3, -0.25) is 4.79 Å². The molecule has 0 atom stereocenters. The zero-order valence-corrected chi connectivity index (χ0v) is 12.3. The molecule has 0 unspecified atom stereocenters. The van der Waals surface area contributed by atoms with E-state index in [2.05, 4.69) is 26.8 Å². The zero-order chi connectivity index (χ0) is 13.9. The van der Waals surface area contributed by atoms with Gasteiger partial charge in [-0.15, -0.1) is 0 Å². The van der Waals surface area contributed by atoms with Crippen molar-refractivity contribution in [3.05, 3.63) is 28.3 Å². The van der Waals surface area contributed by atoms with Gasteiger partial charge < -0.3 is 9.64 Å². The van der Waals surface area contributed by atoms with Crippen molar-refractivity contribution < 1.29 is 9.53 Å². The number of aryl methyl sites for hydroxylation is 2. The van der Waals surface area contributed by atoms with Gasteiger partial charge in [-0.2, -0.15) is 0 Å². The van der Waals surface area contributed by atoms with Crippen molar-refractivity contribution in [1.29, 1.82) is 0 Å². The Morgan fingerprint density at radius 1 is 1.28 bits per heavy atom. The summed E-state index contributed by atoms with van der Waals surface area (Å²) < 4.78 is 5.53. The number of methoxy groups -OCH3 is 1. The molecule has 0 N–H and O–H groups in total. The van der Waals surface area contributed by atoms with Gasteiger partial charge in [-0.05, 0) is 49.4 Å². The molecule has 0 spiro atoms. The van der Waals surface area contributed by atoms with E-state index >= 15 is 0 Å². The lowest BCUT2D eigenvalue weighted by Crippen LogP contribution is -2.26. The highest BCUT2D eigenvalue weighted by atomic mass is 16.5. The molecule has 0 heterocycles. The molecule has 100 valence electrons. The molecular weight excluding hydrogens is 226 g/mol. The lowest BCUT2D eigenvalue weighted by atomic mass is 9.97. The maximum Gasteiger partial charge on any atom is 0.219 e. The van der Waals surface area contributed by atoms with Crippen molar-refractivity contribution in [3.63, 3.8) is 0 Å². The highest BCUT2D eigenvalue weighted by molar-refractivity contribution is 5.72.